The molecule has 0 spiro atoms. The number of aryl methyl sites for hydroxylation is 2. The van der Waals surface area contributed by atoms with Gasteiger partial charge in [-0.3, -0.25) is 9.10 Å². The van der Waals surface area contributed by atoms with Gasteiger partial charge < -0.3 is 5.32 Å². The van der Waals surface area contributed by atoms with Crippen molar-refractivity contribution in [2.24, 2.45) is 0 Å². The Bertz CT molecular complexity index is 880. The molecule has 2 rings (SSSR count). The van der Waals surface area contributed by atoms with Crippen LogP contribution in [-0.4, -0.2) is 26.6 Å². The van der Waals surface area contributed by atoms with Crippen LogP contribution in [0.4, 0.5) is 15.8 Å². The number of benzene rings is 2. The van der Waals surface area contributed by atoms with E-state index < -0.39 is 27.8 Å². The zero-order valence-electron chi connectivity index (χ0n) is 14.6. The summed E-state index contributed by atoms with van der Waals surface area (Å²) >= 11 is 0. The van der Waals surface area contributed by atoms with Gasteiger partial charge in [0.2, 0.25) is 15.9 Å². The van der Waals surface area contributed by atoms with Crippen LogP contribution in [0.3, 0.4) is 0 Å². The lowest BCUT2D eigenvalue weighted by Gasteiger charge is -2.28. The second kappa shape index (κ2) is 7.23. The molecule has 2 aromatic rings. The Kier molecular flexibility index (Phi) is 5.47. The largest absolute Gasteiger partial charge is 0.324 e. The number of halogens is 1. The second-order valence-corrected chi connectivity index (χ2v) is 7.88. The number of amides is 1. The maximum atomic E-state index is 13.1. The van der Waals surface area contributed by atoms with Gasteiger partial charge in [-0.1, -0.05) is 17.7 Å². The van der Waals surface area contributed by atoms with Crippen LogP contribution < -0.4 is 9.62 Å². The normalized spacial score (nSPS) is 12.5. The van der Waals surface area contributed by atoms with E-state index in [1.54, 1.807) is 6.07 Å². The maximum absolute atomic E-state index is 13.1. The first kappa shape index (κ1) is 18.9. The first-order chi connectivity index (χ1) is 11.6. The van der Waals surface area contributed by atoms with Crippen LogP contribution >= 0.6 is 0 Å². The van der Waals surface area contributed by atoms with Crippen molar-refractivity contribution in [1.29, 1.82) is 0 Å². The summed E-state index contributed by atoms with van der Waals surface area (Å²) < 4.78 is 38.5. The smallest absolute Gasteiger partial charge is 0.248 e. The fourth-order valence-electron chi connectivity index (χ4n) is 2.59. The summed E-state index contributed by atoms with van der Waals surface area (Å²) in [6.07, 6.45) is 1.01. The van der Waals surface area contributed by atoms with Crippen LogP contribution in [-0.2, 0) is 14.8 Å². The molecule has 5 nitrogen and oxygen atoms in total. The highest BCUT2D eigenvalue weighted by Gasteiger charge is 2.29. The fraction of sp³-hybridized carbons (Fsp3) is 0.278. The quantitative estimate of drug-likeness (QED) is 0.886. The van der Waals surface area contributed by atoms with Crippen molar-refractivity contribution in [2.75, 3.05) is 15.9 Å². The molecule has 0 bridgehead atoms. The number of nitrogens with zero attached hydrogens (tertiary/aromatic N) is 1. The van der Waals surface area contributed by atoms with Gasteiger partial charge in [-0.25, -0.2) is 12.8 Å². The zero-order chi connectivity index (χ0) is 18.8. The molecule has 1 amide bonds. The van der Waals surface area contributed by atoms with Gasteiger partial charge in [-0.05, 0) is 56.7 Å². The molecule has 0 aliphatic carbocycles. The van der Waals surface area contributed by atoms with Gasteiger partial charge >= 0.3 is 0 Å². The van der Waals surface area contributed by atoms with E-state index in [9.17, 15) is 17.6 Å². The van der Waals surface area contributed by atoms with Crippen molar-refractivity contribution >= 4 is 27.3 Å². The summed E-state index contributed by atoms with van der Waals surface area (Å²) in [4.78, 5) is 12.6. The predicted molar refractivity (Wildman–Crippen MR) is 97.7 cm³/mol. The second-order valence-electron chi connectivity index (χ2n) is 6.02. The predicted octanol–water partition coefficient (Wildman–Crippen LogP) is 3.24. The average Bonchev–Trinajstić information content (AvgIpc) is 2.50. The molecule has 0 fully saturated rings. The van der Waals surface area contributed by atoms with E-state index >= 15 is 0 Å². The molecular formula is C18H21FN2O3S. The highest BCUT2D eigenvalue weighted by Crippen LogP contribution is 2.23. The van der Waals surface area contributed by atoms with Gasteiger partial charge in [-0.15, -0.1) is 0 Å². The lowest BCUT2D eigenvalue weighted by atomic mass is 10.1. The Morgan fingerprint density at radius 3 is 2.24 bits per heavy atom. The van der Waals surface area contributed by atoms with Crippen LogP contribution in [0.1, 0.15) is 18.1 Å². The van der Waals surface area contributed by atoms with E-state index in [2.05, 4.69) is 5.32 Å². The van der Waals surface area contributed by atoms with Crippen molar-refractivity contribution in [3.8, 4) is 0 Å². The molecule has 7 heteroatoms. The number of anilines is 2. The standard InChI is InChI=1S/C18H21FN2O3S/c1-12-5-10-17(13(2)11-12)20-18(22)14(3)21(25(4,23)24)16-8-6-15(19)7-9-16/h5-11,14H,1-4H3,(H,20,22). The molecule has 1 N–H and O–H groups in total. The topological polar surface area (TPSA) is 66.5 Å². The molecule has 25 heavy (non-hydrogen) atoms. The molecule has 0 saturated heterocycles. The van der Waals surface area contributed by atoms with E-state index in [0.717, 1.165) is 33.8 Å². The van der Waals surface area contributed by atoms with E-state index in [4.69, 9.17) is 0 Å². The molecule has 0 aliphatic rings. The van der Waals surface area contributed by atoms with Crippen molar-refractivity contribution < 1.29 is 17.6 Å². The summed E-state index contributed by atoms with van der Waals surface area (Å²) in [6, 6.07) is 9.54. The van der Waals surface area contributed by atoms with Gasteiger partial charge in [-0.2, -0.15) is 0 Å². The summed E-state index contributed by atoms with van der Waals surface area (Å²) in [7, 11) is -3.73. The van der Waals surface area contributed by atoms with Crippen molar-refractivity contribution in [3.63, 3.8) is 0 Å². The van der Waals surface area contributed by atoms with Gasteiger partial charge in [0.15, 0.2) is 0 Å². The van der Waals surface area contributed by atoms with Gasteiger partial charge in [0.25, 0.3) is 0 Å². The number of sulfonamides is 1. The molecule has 0 heterocycles. The SMILES string of the molecule is Cc1ccc(NC(=O)C(C)N(c2ccc(F)cc2)S(C)(=O)=O)c(C)c1. The average molecular weight is 364 g/mol. The summed E-state index contributed by atoms with van der Waals surface area (Å²) in [5, 5.41) is 2.75. The lowest BCUT2D eigenvalue weighted by Crippen LogP contribution is -2.45. The summed E-state index contributed by atoms with van der Waals surface area (Å²) in [6.45, 7) is 5.30. The monoisotopic (exact) mass is 364 g/mol. The molecule has 0 saturated carbocycles. The lowest BCUT2D eigenvalue weighted by molar-refractivity contribution is -0.116. The minimum Gasteiger partial charge on any atom is -0.324 e. The molecule has 1 atom stereocenters. The highest BCUT2D eigenvalue weighted by atomic mass is 32.2. The third-order valence-corrected chi connectivity index (χ3v) is 5.05. The number of nitrogens with one attached hydrogen (secondary N) is 1. The third-order valence-electron chi connectivity index (χ3n) is 3.81. The van der Waals surface area contributed by atoms with Gasteiger partial charge in [0.1, 0.15) is 11.9 Å². The van der Waals surface area contributed by atoms with E-state index in [0.29, 0.717) is 5.69 Å². The number of carbonyl (C=O) groups is 1. The number of hydrogen-bond donors (Lipinski definition) is 1. The van der Waals surface area contributed by atoms with Crippen LogP contribution in [0.5, 0.6) is 0 Å². The third kappa shape index (κ3) is 4.57. The molecule has 0 radical (unpaired) electrons. The van der Waals surface area contributed by atoms with E-state index in [1.165, 1.54) is 19.1 Å². The van der Waals surface area contributed by atoms with Crippen LogP contribution in [0.15, 0.2) is 42.5 Å². The van der Waals surface area contributed by atoms with E-state index in [1.807, 2.05) is 26.0 Å². The Morgan fingerprint density at radius 2 is 1.72 bits per heavy atom. The minimum absolute atomic E-state index is 0.229. The number of hydrogen-bond acceptors (Lipinski definition) is 3. The Balaban J connectivity index is 2.31. The molecule has 2 aromatic carbocycles. The Labute approximate surface area is 147 Å². The van der Waals surface area contributed by atoms with Crippen molar-refractivity contribution in [2.45, 2.75) is 26.8 Å². The van der Waals surface area contributed by atoms with Gasteiger partial charge in [0.05, 0.1) is 11.9 Å². The molecule has 1 unspecified atom stereocenters. The van der Waals surface area contributed by atoms with E-state index in [-0.39, 0.29) is 5.69 Å². The maximum Gasteiger partial charge on any atom is 0.248 e. The van der Waals surface area contributed by atoms with Crippen LogP contribution in [0.2, 0.25) is 0 Å². The summed E-state index contributed by atoms with van der Waals surface area (Å²) in [5.74, 6) is -0.953. The fourth-order valence-corrected chi connectivity index (χ4v) is 3.76. The van der Waals surface area contributed by atoms with Crippen molar-refractivity contribution in [3.05, 3.63) is 59.4 Å². The molecular weight excluding hydrogens is 343 g/mol. The Hall–Kier alpha value is -2.41. The Morgan fingerprint density at radius 1 is 1.12 bits per heavy atom. The van der Waals surface area contributed by atoms with Crippen molar-refractivity contribution in [1.82, 2.24) is 0 Å². The molecule has 0 aromatic heterocycles. The van der Waals surface area contributed by atoms with Crippen LogP contribution in [0.25, 0.3) is 0 Å². The number of rotatable bonds is 5. The number of carbonyl (C=O) groups excluding carboxylic acids is 1. The van der Waals surface area contributed by atoms with Crippen LogP contribution in [0, 0.1) is 19.7 Å². The molecule has 134 valence electrons. The first-order valence-electron chi connectivity index (χ1n) is 7.72. The molecule has 0 aliphatic heterocycles. The minimum atomic E-state index is -3.73. The van der Waals surface area contributed by atoms with Gasteiger partial charge in [0, 0.05) is 5.69 Å². The summed E-state index contributed by atoms with van der Waals surface area (Å²) in [5.41, 5.74) is 2.79. The first-order valence-corrected chi connectivity index (χ1v) is 9.57. The zero-order valence-corrected chi connectivity index (χ0v) is 15.4. The highest BCUT2D eigenvalue weighted by molar-refractivity contribution is 7.92.